The zero-order valence-corrected chi connectivity index (χ0v) is 21.3. The number of hydrogen-bond donors (Lipinski definition) is 1. The van der Waals surface area contributed by atoms with E-state index in [0.717, 1.165) is 29.3 Å². The van der Waals surface area contributed by atoms with Gasteiger partial charge in [0.05, 0.1) is 6.61 Å². The van der Waals surface area contributed by atoms with Crippen LogP contribution in [0, 0.1) is 34.5 Å². The highest BCUT2D eigenvalue weighted by atomic mass is 79.9. The summed E-state index contributed by atoms with van der Waals surface area (Å²) < 4.78 is 7.17. The third-order valence-corrected chi connectivity index (χ3v) is 10.6. The fraction of sp³-hybridized carbons (Fsp3) is 0.679. The van der Waals surface area contributed by atoms with Gasteiger partial charge in [0.25, 0.3) is 0 Å². The molecule has 0 bridgehead atoms. The first-order valence-corrected chi connectivity index (χ1v) is 13.2. The summed E-state index contributed by atoms with van der Waals surface area (Å²) in [6, 6.07) is 8.11. The largest absolute Gasteiger partial charge is 0.365 e. The summed E-state index contributed by atoms with van der Waals surface area (Å²) in [4.78, 5) is 12.4. The SMILES string of the molecule is CC(=O)[C@H]1CC[C@H]2[C@@H]3CC=C4CC(O)(OCc5ccc(Br)cc5)CC[C@]4(C)[C@H]3CC[C@]12C. The molecule has 0 aliphatic heterocycles. The Morgan fingerprint density at radius 3 is 2.56 bits per heavy atom. The Bertz CT molecular complexity index is 923. The Kier molecular flexibility index (Phi) is 5.74. The number of benzene rings is 1. The first-order valence-electron chi connectivity index (χ1n) is 12.5. The Balaban J connectivity index is 1.32. The van der Waals surface area contributed by atoms with Gasteiger partial charge >= 0.3 is 0 Å². The number of Topliss-reactive ketones (excluding diaryl/α,β-unsaturated/α-hetero) is 1. The molecular weight excluding hydrogens is 464 g/mol. The van der Waals surface area contributed by atoms with Crippen molar-refractivity contribution in [2.45, 2.75) is 84.5 Å². The van der Waals surface area contributed by atoms with E-state index in [-0.39, 0.29) is 16.7 Å². The van der Waals surface area contributed by atoms with Crippen molar-refractivity contribution in [2.24, 2.45) is 34.5 Å². The molecule has 3 fully saturated rings. The molecule has 1 N–H and O–H groups in total. The maximum Gasteiger partial charge on any atom is 0.169 e. The third-order valence-electron chi connectivity index (χ3n) is 10.0. The van der Waals surface area contributed by atoms with Crippen molar-refractivity contribution in [3.63, 3.8) is 0 Å². The first-order chi connectivity index (χ1) is 15.1. The summed E-state index contributed by atoms with van der Waals surface area (Å²) in [5, 5.41) is 11.3. The molecule has 7 atom stereocenters. The Morgan fingerprint density at radius 1 is 1.09 bits per heavy atom. The number of aliphatic hydroxyl groups is 1. The number of ketones is 1. The minimum absolute atomic E-state index is 0.158. The fourth-order valence-corrected chi connectivity index (χ4v) is 8.47. The van der Waals surface area contributed by atoms with Gasteiger partial charge in [-0.25, -0.2) is 0 Å². The van der Waals surface area contributed by atoms with Crippen LogP contribution < -0.4 is 0 Å². The van der Waals surface area contributed by atoms with Gasteiger partial charge in [0.1, 0.15) is 5.78 Å². The van der Waals surface area contributed by atoms with Crippen molar-refractivity contribution >= 4 is 21.7 Å². The van der Waals surface area contributed by atoms with E-state index >= 15 is 0 Å². The molecule has 0 spiro atoms. The molecule has 174 valence electrons. The normalized spacial score (nSPS) is 43.1. The van der Waals surface area contributed by atoms with Crippen molar-refractivity contribution in [1.82, 2.24) is 0 Å². The van der Waals surface area contributed by atoms with Gasteiger partial charge in [0.2, 0.25) is 0 Å². The van der Waals surface area contributed by atoms with Gasteiger partial charge in [-0.15, -0.1) is 0 Å². The number of fused-ring (bicyclic) bond motifs is 5. The van der Waals surface area contributed by atoms with Crippen molar-refractivity contribution in [3.8, 4) is 0 Å². The van der Waals surface area contributed by atoms with Crippen LogP contribution in [0.15, 0.2) is 40.4 Å². The molecule has 1 aromatic carbocycles. The highest BCUT2D eigenvalue weighted by molar-refractivity contribution is 9.10. The Labute approximate surface area is 201 Å². The van der Waals surface area contributed by atoms with Crippen LogP contribution in [0.5, 0.6) is 0 Å². The van der Waals surface area contributed by atoms with E-state index < -0.39 is 5.79 Å². The van der Waals surface area contributed by atoms with E-state index in [0.29, 0.717) is 43.0 Å². The van der Waals surface area contributed by atoms with Crippen LogP contribution in [-0.2, 0) is 16.1 Å². The molecule has 5 rings (SSSR count). The predicted octanol–water partition coefficient (Wildman–Crippen LogP) is 6.82. The first kappa shape index (κ1) is 22.8. The monoisotopic (exact) mass is 500 g/mol. The number of halogens is 1. The highest BCUT2D eigenvalue weighted by Gasteiger charge is 2.60. The van der Waals surface area contributed by atoms with Crippen molar-refractivity contribution in [3.05, 3.63) is 46.0 Å². The summed E-state index contributed by atoms with van der Waals surface area (Å²) in [5.74, 6) is 1.61. The lowest BCUT2D eigenvalue weighted by Gasteiger charge is -2.58. The smallest absolute Gasteiger partial charge is 0.169 e. The zero-order valence-electron chi connectivity index (χ0n) is 19.7. The molecule has 3 nitrogen and oxygen atoms in total. The molecule has 1 aromatic rings. The Hall–Kier alpha value is -0.970. The van der Waals surface area contributed by atoms with Crippen LogP contribution in [0.2, 0.25) is 0 Å². The number of ether oxygens (including phenoxy) is 1. The van der Waals surface area contributed by atoms with Gasteiger partial charge in [-0.05, 0) is 91.7 Å². The van der Waals surface area contributed by atoms with E-state index in [9.17, 15) is 9.90 Å². The molecule has 4 aliphatic carbocycles. The van der Waals surface area contributed by atoms with Crippen molar-refractivity contribution in [2.75, 3.05) is 0 Å². The predicted molar refractivity (Wildman–Crippen MR) is 130 cm³/mol. The quantitative estimate of drug-likeness (QED) is 0.364. The minimum atomic E-state index is -1.07. The summed E-state index contributed by atoms with van der Waals surface area (Å²) in [6.45, 7) is 7.10. The maximum absolute atomic E-state index is 12.4. The Morgan fingerprint density at radius 2 is 1.84 bits per heavy atom. The number of hydrogen-bond acceptors (Lipinski definition) is 3. The van der Waals surface area contributed by atoms with E-state index in [4.69, 9.17) is 4.74 Å². The van der Waals surface area contributed by atoms with Gasteiger partial charge in [-0.1, -0.05) is 53.6 Å². The lowest BCUT2D eigenvalue weighted by atomic mass is 9.47. The average Bonchev–Trinajstić information content (AvgIpc) is 3.12. The summed E-state index contributed by atoms with van der Waals surface area (Å²) >= 11 is 3.47. The van der Waals surface area contributed by atoms with Crippen LogP contribution in [0.3, 0.4) is 0 Å². The van der Waals surface area contributed by atoms with Crippen LogP contribution in [-0.4, -0.2) is 16.7 Å². The second kappa shape index (κ2) is 8.06. The standard InChI is InChI=1S/C28H37BrO3/c1-18(30)23-10-11-24-22-9-6-20-16-28(31,32-17-19-4-7-21(29)8-5-19)15-14-26(20,2)25(22)12-13-27(23,24)3/h4-8,22-25,31H,9-17H2,1-3H3/t22-,23+,24-,25-,26-,27+,28?/m0/s1. The van der Waals surface area contributed by atoms with E-state index in [1.54, 1.807) is 6.92 Å². The molecule has 0 saturated heterocycles. The van der Waals surface area contributed by atoms with E-state index in [1.165, 1.54) is 24.8 Å². The summed E-state index contributed by atoms with van der Waals surface area (Å²) in [6.07, 6.45) is 10.5. The molecule has 0 amide bonds. The molecule has 3 saturated carbocycles. The molecule has 32 heavy (non-hydrogen) atoms. The second-order valence-electron chi connectivity index (χ2n) is 11.6. The lowest BCUT2D eigenvalue weighted by molar-refractivity contribution is -0.231. The van der Waals surface area contributed by atoms with Crippen LogP contribution in [0.25, 0.3) is 0 Å². The number of carbonyl (C=O) groups excluding carboxylic acids is 1. The molecule has 0 heterocycles. The third kappa shape index (κ3) is 3.65. The van der Waals surface area contributed by atoms with Crippen LogP contribution >= 0.6 is 15.9 Å². The van der Waals surface area contributed by atoms with E-state index in [2.05, 4.69) is 35.9 Å². The van der Waals surface area contributed by atoms with Crippen molar-refractivity contribution < 1.29 is 14.6 Å². The number of rotatable bonds is 4. The fourth-order valence-electron chi connectivity index (χ4n) is 8.21. The van der Waals surface area contributed by atoms with Gasteiger partial charge < -0.3 is 9.84 Å². The summed E-state index contributed by atoms with van der Waals surface area (Å²) in [5.41, 5.74) is 2.84. The summed E-state index contributed by atoms with van der Waals surface area (Å²) in [7, 11) is 0. The average molecular weight is 502 g/mol. The maximum atomic E-state index is 12.4. The lowest BCUT2D eigenvalue weighted by Crippen LogP contribution is -2.52. The molecule has 1 unspecified atom stereocenters. The number of carbonyl (C=O) groups is 1. The highest BCUT2D eigenvalue weighted by Crippen LogP contribution is 2.66. The van der Waals surface area contributed by atoms with Gasteiger partial charge in [-0.3, -0.25) is 4.79 Å². The molecule has 4 aliphatic rings. The van der Waals surface area contributed by atoms with Gasteiger partial charge in [-0.2, -0.15) is 0 Å². The zero-order chi connectivity index (χ0) is 22.7. The molecule has 0 aromatic heterocycles. The molecule has 0 radical (unpaired) electrons. The van der Waals surface area contributed by atoms with Crippen molar-refractivity contribution in [1.29, 1.82) is 0 Å². The van der Waals surface area contributed by atoms with Gasteiger partial charge in [0.15, 0.2) is 5.79 Å². The van der Waals surface area contributed by atoms with Gasteiger partial charge in [0, 0.05) is 23.2 Å². The van der Waals surface area contributed by atoms with Crippen LogP contribution in [0.1, 0.15) is 77.7 Å². The molecule has 4 heteroatoms. The second-order valence-corrected chi connectivity index (χ2v) is 12.5. The number of allylic oxidation sites excluding steroid dienone is 1. The topological polar surface area (TPSA) is 46.5 Å². The van der Waals surface area contributed by atoms with Crippen LogP contribution in [0.4, 0.5) is 0 Å². The minimum Gasteiger partial charge on any atom is -0.365 e. The van der Waals surface area contributed by atoms with E-state index in [1.807, 2.05) is 24.3 Å². The molecular formula is C28H37BrO3.